The molecule has 1 aromatic carbocycles. The molecule has 0 unspecified atom stereocenters. The highest BCUT2D eigenvalue weighted by Gasteiger charge is 2.56. The van der Waals surface area contributed by atoms with Crippen LogP contribution in [0.15, 0.2) is 18.2 Å². The number of carbonyl (C=O) groups is 3. The Hall–Kier alpha value is -2.61. The zero-order chi connectivity index (χ0) is 23.0. The van der Waals surface area contributed by atoms with Gasteiger partial charge in [-0.1, -0.05) is 20.8 Å². The quantitative estimate of drug-likeness (QED) is 0.507. The van der Waals surface area contributed by atoms with E-state index in [1.165, 1.54) is 14.0 Å². The van der Waals surface area contributed by atoms with Crippen LogP contribution in [0.3, 0.4) is 0 Å². The molecule has 2 N–H and O–H groups in total. The number of rotatable bonds is 7. The maximum Gasteiger partial charge on any atom is 0.325 e. The molecule has 0 aromatic heterocycles. The van der Waals surface area contributed by atoms with Gasteiger partial charge in [-0.3, -0.25) is 14.5 Å². The van der Waals surface area contributed by atoms with Crippen LogP contribution in [-0.4, -0.2) is 59.6 Å². The van der Waals surface area contributed by atoms with Gasteiger partial charge in [0.25, 0.3) is 5.91 Å². The standard InChI is InChI=1S/C23H32N2O6/c1-14-9-22(3,4)13-23(10-14)20(28)25(21(29)24-23)11-17(27)12-31-18-7-6-16(15(2)26)8-19(18)30-5/h6-8,14,17,27H,9-13H2,1-5H3,(H,24,29)/t14-,17+,23+/m0/s1. The van der Waals surface area contributed by atoms with Crippen molar-refractivity contribution in [2.75, 3.05) is 20.3 Å². The van der Waals surface area contributed by atoms with E-state index in [2.05, 4.69) is 26.1 Å². The fourth-order valence-corrected chi connectivity index (χ4v) is 5.13. The fraction of sp³-hybridized carbons (Fsp3) is 0.609. The Balaban J connectivity index is 1.65. The van der Waals surface area contributed by atoms with Crippen LogP contribution in [-0.2, 0) is 4.79 Å². The number of ether oxygens (including phenoxy) is 2. The summed E-state index contributed by atoms with van der Waals surface area (Å²) in [4.78, 5) is 38.4. The SMILES string of the molecule is COc1cc(C(C)=O)ccc1OC[C@H](O)CN1C(=O)N[C@@]2(C[C@@H](C)CC(C)(C)C2)C1=O. The first-order chi connectivity index (χ1) is 14.5. The van der Waals surface area contributed by atoms with Crippen LogP contribution in [0.4, 0.5) is 4.79 Å². The molecule has 1 saturated carbocycles. The lowest BCUT2D eigenvalue weighted by molar-refractivity contribution is -0.135. The van der Waals surface area contributed by atoms with E-state index < -0.39 is 17.7 Å². The van der Waals surface area contributed by atoms with E-state index in [0.717, 1.165) is 11.3 Å². The van der Waals surface area contributed by atoms with E-state index in [1.807, 2.05) is 0 Å². The number of imide groups is 1. The number of methoxy groups -OCH3 is 1. The molecule has 1 spiro atoms. The molecule has 1 aliphatic heterocycles. The first-order valence-corrected chi connectivity index (χ1v) is 10.6. The van der Waals surface area contributed by atoms with Crippen LogP contribution in [0.2, 0.25) is 0 Å². The zero-order valence-corrected chi connectivity index (χ0v) is 18.9. The normalized spacial score (nSPS) is 26.0. The topological polar surface area (TPSA) is 105 Å². The maximum atomic E-state index is 13.2. The Kier molecular flexibility index (Phi) is 6.32. The van der Waals surface area contributed by atoms with Crippen LogP contribution >= 0.6 is 0 Å². The zero-order valence-electron chi connectivity index (χ0n) is 18.9. The summed E-state index contributed by atoms with van der Waals surface area (Å²) in [5.41, 5.74) is -0.468. The average Bonchev–Trinajstić information content (AvgIpc) is 2.87. The number of ketones is 1. The van der Waals surface area contributed by atoms with Gasteiger partial charge in [-0.2, -0.15) is 0 Å². The van der Waals surface area contributed by atoms with E-state index in [1.54, 1.807) is 18.2 Å². The van der Waals surface area contributed by atoms with Gasteiger partial charge < -0.3 is 19.9 Å². The van der Waals surface area contributed by atoms with Crippen LogP contribution in [0.1, 0.15) is 57.3 Å². The van der Waals surface area contributed by atoms with Gasteiger partial charge in [0, 0.05) is 5.56 Å². The van der Waals surface area contributed by atoms with Crippen LogP contribution in [0, 0.1) is 11.3 Å². The van der Waals surface area contributed by atoms with Crippen molar-refractivity contribution in [3.8, 4) is 11.5 Å². The molecule has 0 bridgehead atoms. The molecule has 31 heavy (non-hydrogen) atoms. The first-order valence-electron chi connectivity index (χ1n) is 10.6. The minimum atomic E-state index is -1.07. The number of amides is 3. The summed E-state index contributed by atoms with van der Waals surface area (Å²) in [5.74, 6) is 0.666. The molecule has 3 atom stereocenters. The predicted octanol–water partition coefficient (Wildman–Crippen LogP) is 2.77. The number of aliphatic hydroxyl groups is 1. The van der Waals surface area contributed by atoms with Crippen molar-refractivity contribution in [3.05, 3.63) is 23.8 Å². The third-order valence-electron chi connectivity index (χ3n) is 6.02. The van der Waals surface area contributed by atoms with Gasteiger partial charge in [0.15, 0.2) is 17.3 Å². The van der Waals surface area contributed by atoms with E-state index in [9.17, 15) is 19.5 Å². The highest BCUT2D eigenvalue weighted by Crippen LogP contribution is 2.46. The Morgan fingerprint density at radius 2 is 2.00 bits per heavy atom. The van der Waals surface area contributed by atoms with Crippen molar-refractivity contribution in [1.29, 1.82) is 0 Å². The molecular formula is C23H32N2O6. The Bertz CT molecular complexity index is 883. The smallest absolute Gasteiger partial charge is 0.325 e. The van der Waals surface area contributed by atoms with Gasteiger partial charge in [0.2, 0.25) is 0 Å². The fourth-order valence-electron chi connectivity index (χ4n) is 5.13. The molecule has 3 amide bonds. The van der Waals surface area contributed by atoms with Crippen molar-refractivity contribution >= 4 is 17.7 Å². The second kappa shape index (κ2) is 8.49. The maximum absolute atomic E-state index is 13.2. The summed E-state index contributed by atoms with van der Waals surface area (Å²) in [6.07, 6.45) is 1.11. The molecule has 1 saturated heterocycles. The number of nitrogens with zero attached hydrogens (tertiary/aromatic N) is 1. The molecule has 8 nitrogen and oxygen atoms in total. The average molecular weight is 433 g/mol. The van der Waals surface area contributed by atoms with Gasteiger partial charge in [0.1, 0.15) is 18.2 Å². The molecule has 2 fully saturated rings. The number of benzene rings is 1. The van der Waals surface area contributed by atoms with Gasteiger partial charge in [-0.25, -0.2) is 4.79 Å². The van der Waals surface area contributed by atoms with Crippen molar-refractivity contribution in [1.82, 2.24) is 10.2 Å². The molecule has 170 valence electrons. The second-order valence-corrected chi connectivity index (χ2v) is 9.67. The summed E-state index contributed by atoms with van der Waals surface area (Å²) in [6.45, 7) is 7.48. The van der Waals surface area contributed by atoms with Gasteiger partial charge in [0.05, 0.1) is 13.7 Å². The highest BCUT2D eigenvalue weighted by molar-refractivity contribution is 6.07. The van der Waals surface area contributed by atoms with E-state index in [0.29, 0.717) is 35.8 Å². The minimum Gasteiger partial charge on any atom is -0.493 e. The summed E-state index contributed by atoms with van der Waals surface area (Å²) >= 11 is 0. The van der Waals surface area contributed by atoms with E-state index in [-0.39, 0.29) is 30.3 Å². The number of β-amino-alcohol motifs (C(OH)–C–C–N with tert-alkyl or cyclic N) is 1. The van der Waals surface area contributed by atoms with Crippen molar-refractivity contribution in [2.45, 2.75) is 58.6 Å². The lowest BCUT2D eigenvalue weighted by atomic mass is 9.64. The number of hydrogen-bond donors (Lipinski definition) is 2. The van der Waals surface area contributed by atoms with Crippen LogP contribution < -0.4 is 14.8 Å². The third-order valence-corrected chi connectivity index (χ3v) is 6.02. The predicted molar refractivity (Wildman–Crippen MR) is 114 cm³/mol. The lowest BCUT2D eigenvalue weighted by Gasteiger charge is -2.43. The first kappa shape index (κ1) is 23.1. The van der Waals surface area contributed by atoms with Crippen molar-refractivity contribution in [2.24, 2.45) is 11.3 Å². The number of hydrogen-bond acceptors (Lipinski definition) is 6. The number of aliphatic hydroxyl groups excluding tert-OH is 1. The monoisotopic (exact) mass is 432 g/mol. The van der Waals surface area contributed by atoms with Crippen molar-refractivity contribution in [3.63, 3.8) is 0 Å². The minimum absolute atomic E-state index is 0.0546. The molecule has 1 aromatic rings. The number of urea groups is 1. The number of nitrogens with one attached hydrogen (secondary N) is 1. The summed E-state index contributed by atoms with van der Waals surface area (Å²) in [6, 6.07) is 4.30. The molecular weight excluding hydrogens is 400 g/mol. The van der Waals surface area contributed by atoms with Crippen LogP contribution in [0.5, 0.6) is 11.5 Å². The molecule has 0 radical (unpaired) electrons. The summed E-state index contributed by atoms with van der Waals surface area (Å²) in [7, 11) is 1.46. The highest BCUT2D eigenvalue weighted by atomic mass is 16.5. The van der Waals surface area contributed by atoms with Gasteiger partial charge >= 0.3 is 6.03 Å². The number of carbonyl (C=O) groups excluding carboxylic acids is 3. The lowest BCUT2D eigenvalue weighted by Crippen LogP contribution is -2.54. The largest absolute Gasteiger partial charge is 0.493 e. The van der Waals surface area contributed by atoms with Gasteiger partial charge in [-0.05, 0) is 55.7 Å². The third kappa shape index (κ3) is 4.84. The Morgan fingerprint density at radius 1 is 1.29 bits per heavy atom. The molecule has 1 heterocycles. The van der Waals surface area contributed by atoms with E-state index in [4.69, 9.17) is 9.47 Å². The van der Waals surface area contributed by atoms with E-state index >= 15 is 0 Å². The molecule has 2 aliphatic rings. The van der Waals surface area contributed by atoms with Gasteiger partial charge in [-0.15, -0.1) is 0 Å². The molecule has 1 aliphatic carbocycles. The van der Waals surface area contributed by atoms with Crippen molar-refractivity contribution < 1.29 is 29.0 Å². The molecule has 8 heteroatoms. The van der Waals surface area contributed by atoms with Crippen LogP contribution in [0.25, 0.3) is 0 Å². The summed E-state index contributed by atoms with van der Waals surface area (Å²) < 4.78 is 10.9. The Labute approximate surface area is 182 Å². The molecule has 3 rings (SSSR count). The second-order valence-electron chi connectivity index (χ2n) is 9.67. The Morgan fingerprint density at radius 3 is 2.61 bits per heavy atom. The number of Topliss-reactive ketones (excluding diaryl/α,β-unsaturated/α-hetero) is 1. The summed E-state index contributed by atoms with van der Waals surface area (Å²) in [5, 5.41) is 13.4.